The van der Waals surface area contributed by atoms with Gasteiger partial charge >= 0.3 is 0 Å². The number of nitrogens with zero attached hydrogens (tertiary/aromatic N) is 2. The molecule has 0 aromatic heterocycles. The summed E-state index contributed by atoms with van der Waals surface area (Å²) in [6, 6.07) is 0. The molecule has 1 N–H and O–H groups in total. The summed E-state index contributed by atoms with van der Waals surface area (Å²) in [6.45, 7) is 12.2. The molecule has 0 spiro atoms. The zero-order valence-corrected chi connectivity index (χ0v) is 12.3. The van der Waals surface area contributed by atoms with E-state index >= 15 is 0 Å². The monoisotopic (exact) mass is 257 g/mol. The molecule has 4 nitrogen and oxygen atoms in total. The van der Waals surface area contributed by atoms with Gasteiger partial charge in [-0.3, -0.25) is 0 Å². The van der Waals surface area contributed by atoms with E-state index in [1.54, 1.807) is 0 Å². The Morgan fingerprint density at radius 1 is 1.06 bits per heavy atom. The third-order valence-electron chi connectivity index (χ3n) is 3.51. The molecule has 1 saturated heterocycles. The maximum absolute atomic E-state index is 5.32. The lowest BCUT2D eigenvalue weighted by Gasteiger charge is -2.20. The molecule has 1 rings (SSSR count). The van der Waals surface area contributed by atoms with Gasteiger partial charge in [0.05, 0.1) is 0 Å². The highest BCUT2D eigenvalue weighted by Gasteiger charge is 2.10. The summed E-state index contributed by atoms with van der Waals surface area (Å²) in [5.41, 5.74) is 0. The molecule has 1 heterocycles. The molecule has 0 saturated carbocycles. The van der Waals surface area contributed by atoms with Crippen LogP contribution in [0.2, 0.25) is 0 Å². The Kier molecular flexibility index (Phi) is 9.48. The molecule has 0 atom stereocenters. The Morgan fingerprint density at radius 2 is 1.94 bits per heavy atom. The topological polar surface area (TPSA) is 27.7 Å². The van der Waals surface area contributed by atoms with E-state index in [2.05, 4.69) is 29.1 Å². The number of likely N-dealkylation sites (N-methyl/N-ethyl adjacent to an activating group) is 1. The van der Waals surface area contributed by atoms with E-state index in [4.69, 9.17) is 4.74 Å². The highest BCUT2D eigenvalue weighted by atomic mass is 16.5. The van der Waals surface area contributed by atoms with Crippen LogP contribution < -0.4 is 5.32 Å². The molecule has 0 amide bonds. The van der Waals surface area contributed by atoms with E-state index in [9.17, 15) is 0 Å². The van der Waals surface area contributed by atoms with E-state index in [1.807, 2.05) is 0 Å². The van der Waals surface area contributed by atoms with Crippen LogP contribution in [-0.2, 0) is 4.74 Å². The maximum Gasteiger partial charge on any atom is 0.0466 e. The van der Waals surface area contributed by atoms with Crippen molar-refractivity contribution in [2.75, 3.05) is 66.1 Å². The van der Waals surface area contributed by atoms with Crippen LogP contribution >= 0.6 is 0 Å². The Hall–Kier alpha value is -0.160. The Balaban J connectivity index is 1.88. The number of rotatable bonds is 9. The molecule has 0 unspecified atom stereocenters. The molecule has 0 radical (unpaired) electrons. The van der Waals surface area contributed by atoms with Crippen LogP contribution in [0, 0.1) is 0 Å². The third-order valence-corrected chi connectivity index (χ3v) is 3.51. The van der Waals surface area contributed by atoms with E-state index in [0.717, 1.165) is 26.3 Å². The highest BCUT2D eigenvalue weighted by molar-refractivity contribution is 4.67. The lowest BCUT2D eigenvalue weighted by molar-refractivity contribution is 0.143. The van der Waals surface area contributed by atoms with Gasteiger partial charge in [-0.25, -0.2) is 0 Å². The van der Waals surface area contributed by atoms with E-state index < -0.39 is 0 Å². The van der Waals surface area contributed by atoms with E-state index in [0.29, 0.717) is 0 Å². The van der Waals surface area contributed by atoms with Crippen molar-refractivity contribution in [1.29, 1.82) is 0 Å². The van der Waals surface area contributed by atoms with Crippen LogP contribution in [0.4, 0.5) is 0 Å². The minimum absolute atomic E-state index is 0.844. The van der Waals surface area contributed by atoms with Gasteiger partial charge in [0.15, 0.2) is 0 Å². The van der Waals surface area contributed by atoms with Gasteiger partial charge in [0.2, 0.25) is 0 Å². The van der Waals surface area contributed by atoms with Crippen molar-refractivity contribution >= 4 is 0 Å². The molecule has 108 valence electrons. The van der Waals surface area contributed by atoms with Gasteiger partial charge < -0.3 is 19.9 Å². The first kappa shape index (κ1) is 15.9. The molecular formula is C14H31N3O. The maximum atomic E-state index is 5.32. The molecule has 1 fully saturated rings. The van der Waals surface area contributed by atoms with Crippen molar-refractivity contribution in [1.82, 2.24) is 15.1 Å². The van der Waals surface area contributed by atoms with Gasteiger partial charge in [0, 0.05) is 39.4 Å². The van der Waals surface area contributed by atoms with Crippen LogP contribution in [0.25, 0.3) is 0 Å². The lowest BCUT2D eigenvalue weighted by Crippen LogP contribution is -2.35. The molecule has 0 aliphatic carbocycles. The summed E-state index contributed by atoms with van der Waals surface area (Å²) in [7, 11) is 2.22. The fourth-order valence-electron chi connectivity index (χ4n) is 2.28. The molecular weight excluding hydrogens is 226 g/mol. The zero-order valence-electron chi connectivity index (χ0n) is 12.3. The van der Waals surface area contributed by atoms with Crippen molar-refractivity contribution in [3.8, 4) is 0 Å². The second kappa shape index (κ2) is 10.7. The minimum Gasteiger partial charge on any atom is -0.382 e. The Bertz CT molecular complexity index is 190. The van der Waals surface area contributed by atoms with Crippen LogP contribution in [0.1, 0.15) is 26.2 Å². The summed E-state index contributed by atoms with van der Waals surface area (Å²) in [6.07, 6.45) is 3.71. The van der Waals surface area contributed by atoms with Gasteiger partial charge in [-0.05, 0) is 52.9 Å². The second-order valence-corrected chi connectivity index (χ2v) is 5.15. The quantitative estimate of drug-likeness (QED) is 0.625. The van der Waals surface area contributed by atoms with Crippen molar-refractivity contribution in [3.05, 3.63) is 0 Å². The summed E-state index contributed by atoms with van der Waals surface area (Å²) < 4.78 is 5.32. The smallest absolute Gasteiger partial charge is 0.0466 e. The SMILES string of the molecule is CCOCCCCNCCN1CCCN(C)CC1. The summed E-state index contributed by atoms with van der Waals surface area (Å²) in [4.78, 5) is 5.01. The van der Waals surface area contributed by atoms with Gasteiger partial charge in [-0.2, -0.15) is 0 Å². The first-order valence-corrected chi connectivity index (χ1v) is 7.52. The molecule has 1 aliphatic heterocycles. The van der Waals surface area contributed by atoms with Gasteiger partial charge in [0.25, 0.3) is 0 Å². The number of unbranched alkanes of at least 4 members (excludes halogenated alkanes) is 1. The van der Waals surface area contributed by atoms with E-state index in [-0.39, 0.29) is 0 Å². The molecule has 0 aromatic rings. The van der Waals surface area contributed by atoms with Crippen molar-refractivity contribution in [2.24, 2.45) is 0 Å². The molecule has 0 aromatic carbocycles. The fraction of sp³-hybridized carbons (Fsp3) is 1.00. The van der Waals surface area contributed by atoms with Crippen LogP contribution in [0.3, 0.4) is 0 Å². The average molecular weight is 257 g/mol. The van der Waals surface area contributed by atoms with Gasteiger partial charge in [0.1, 0.15) is 0 Å². The first-order valence-electron chi connectivity index (χ1n) is 7.52. The van der Waals surface area contributed by atoms with Crippen LogP contribution in [-0.4, -0.2) is 75.9 Å². The van der Waals surface area contributed by atoms with Crippen molar-refractivity contribution in [3.63, 3.8) is 0 Å². The molecule has 18 heavy (non-hydrogen) atoms. The van der Waals surface area contributed by atoms with Gasteiger partial charge in [-0.15, -0.1) is 0 Å². The number of hydrogen-bond donors (Lipinski definition) is 1. The molecule has 0 bridgehead atoms. The predicted molar refractivity (Wildman–Crippen MR) is 77.2 cm³/mol. The fourth-order valence-corrected chi connectivity index (χ4v) is 2.28. The molecule has 4 heteroatoms. The summed E-state index contributed by atoms with van der Waals surface area (Å²) in [5.74, 6) is 0. The Morgan fingerprint density at radius 3 is 2.78 bits per heavy atom. The van der Waals surface area contributed by atoms with Crippen molar-refractivity contribution < 1.29 is 4.74 Å². The third kappa shape index (κ3) is 8.03. The standard InChI is InChI=1S/C14H31N3O/c1-3-18-14-5-4-7-15-8-11-17-10-6-9-16(2)12-13-17/h15H,3-14H2,1-2H3. The average Bonchev–Trinajstić information content (AvgIpc) is 2.58. The number of nitrogens with one attached hydrogen (secondary N) is 1. The van der Waals surface area contributed by atoms with E-state index in [1.165, 1.54) is 52.0 Å². The number of ether oxygens (including phenoxy) is 1. The Labute approximate surface area is 113 Å². The van der Waals surface area contributed by atoms with Crippen molar-refractivity contribution in [2.45, 2.75) is 26.2 Å². The minimum atomic E-state index is 0.844. The normalized spacial score (nSPS) is 19.0. The first-order chi connectivity index (χ1) is 8.83. The highest BCUT2D eigenvalue weighted by Crippen LogP contribution is 1.99. The zero-order chi connectivity index (χ0) is 13.1. The summed E-state index contributed by atoms with van der Waals surface area (Å²) in [5, 5.41) is 3.53. The second-order valence-electron chi connectivity index (χ2n) is 5.15. The van der Waals surface area contributed by atoms with Crippen LogP contribution in [0.15, 0.2) is 0 Å². The lowest BCUT2D eigenvalue weighted by atomic mass is 10.3. The number of hydrogen-bond acceptors (Lipinski definition) is 4. The van der Waals surface area contributed by atoms with Gasteiger partial charge in [-0.1, -0.05) is 0 Å². The largest absolute Gasteiger partial charge is 0.382 e. The summed E-state index contributed by atoms with van der Waals surface area (Å²) >= 11 is 0. The predicted octanol–water partition coefficient (Wildman–Crippen LogP) is 1.03. The molecule has 1 aliphatic rings. The van der Waals surface area contributed by atoms with Crippen LogP contribution in [0.5, 0.6) is 0 Å².